The van der Waals surface area contributed by atoms with Crippen LogP contribution in [0.25, 0.3) is 0 Å². The van der Waals surface area contributed by atoms with Gasteiger partial charge in [0.25, 0.3) is 0 Å². The van der Waals surface area contributed by atoms with Crippen LogP contribution in [0.15, 0.2) is 48.5 Å². The van der Waals surface area contributed by atoms with E-state index in [0.717, 1.165) is 24.3 Å². The van der Waals surface area contributed by atoms with Crippen molar-refractivity contribution in [2.45, 2.75) is 12.3 Å². The topological polar surface area (TPSA) is 35.5 Å². The molecule has 3 nitrogen and oxygen atoms in total. The number of rotatable bonds is 4. The maximum atomic E-state index is 12.5. The van der Waals surface area contributed by atoms with Gasteiger partial charge in [0, 0.05) is 10.6 Å². The Morgan fingerprint density at radius 3 is 2.09 bits per heavy atom. The average Bonchev–Trinajstić information content (AvgIpc) is 2.52. The average molecular weight is 345 g/mol. The first-order valence-electron chi connectivity index (χ1n) is 6.48. The molecule has 0 fully saturated rings. The van der Waals surface area contributed by atoms with E-state index in [9.17, 15) is 18.0 Å². The molecule has 1 atom stereocenters. The first-order chi connectivity index (χ1) is 10.8. The second-order valence-electron chi connectivity index (χ2n) is 4.59. The molecule has 2 rings (SSSR count). The minimum Gasteiger partial charge on any atom is -0.474 e. The molecular formula is C16H12ClF3O3. The second-order valence-corrected chi connectivity index (χ2v) is 5.03. The Kier molecular flexibility index (Phi) is 5.15. The number of hydrogen-bond donors (Lipinski definition) is 0. The molecule has 2 aromatic rings. The molecule has 23 heavy (non-hydrogen) atoms. The minimum absolute atomic E-state index is 0.114. The van der Waals surface area contributed by atoms with Crippen LogP contribution >= 0.6 is 11.6 Å². The summed E-state index contributed by atoms with van der Waals surface area (Å²) >= 11 is 5.79. The maximum absolute atomic E-state index is 12.5. The maximum Gasteiger partial charge on any atom is 0.416 e. The molecule has 0 bridgehead atoms. The van der Waals surface area contributed by atoms with E-state index >= 15 is 0 Å². The van der Waals surface area contributed by atoms with E-state index in [1.54, 1.807) is 24.3 Å². The van der Waals surface area contributed by atoms with Crippen LogP contribution in [0.5, 0.6) is 5.75 Å². The Balaban J connectivity index is 2.24. The third-order valence-electron chi connectivity index (χ3n) is 3.02. The van der Waals surface area contributed by atoms with Gasteiger partial charge < -0.3 is 9.47 Å². The fourth-order valence-corrected chi connectivity index (χ4v) is 1.98. The lowest BCUT2D eigenvalue weighted by molar-refractivity contribution is -0.149. The molecule has 1 unspecified atom stereocenters. The Morgan fingerprint density at radius 2 is 1.61 bits per heavy atom. The number of esters is 1. The van der Waals surface area contributed by atoms with Crippen LogP contribution in [0.4, 0.5) is 13.2 Å². The number of carbonyl (C=O) groups is 1. The van der Waals surface area contributed by atoms with Gasteiger partial charge in [-0.05, 0) is 36.4 Å². The molecule has 0 aromatic heterocycles. The van der Waals surface area contributed by atoms with Gasteiger partial charge in [0.2, 0.25) is 6.10 Å². The molecule has 0 heterocycles. The van der Waals surface area contributed by atoms with E-state index in [0.29, 0.717) is 10.6 Å². The monoisotopic (exact) mass is 344 g/mol. The van der Waals surface area contributed by atoms with E-state index in [-0.39, 0.29) is 5.75 Å². The molecule has 122 valence electrons. The van der Waals surface area contributed by atoms with Crippen LogP contribution in [0, 0.1) is 0 Å². The molecule has 7 heteroatoms. The van der Waals surface area contributed by atoms with Crippen LogP contribution in [0.1, 0.15) is 17.2 Å². The summed E-state index contributed by atoms with van der Waals surface area (Å²) in [6.45, 7) is 0. The molecule has 0 aliphatic heterocycles. The van der Waals surface area contributed by atoms with Crippen molar-refractivity contribution in [2.24, 2.45) is 0 Å². The van der Waals surface area contributed by atoms with E-state index < -0.39 is 23.8 Å². The fraction of sp³-hybridized carbons (Fsp3) is 0.188. The number of hydrogen-bond acceptors (Lipinski definition) is 3. The van der Waals surface area contributed by atoms with Crippen LogP contribution in [0.3, 0.4) is 0 Å². The highest BCUT2D eigenvalue weighted by atomic mass is 35.5. The lowest BCUT2D eigenvalue weighted by Crippen LogP contribution is -2.20. The standard InChI is InChI=1S/C16H12ClF3O3/c1-22-15(21)14(10-2-6-12(17)7-3-10)23-13-8-4-11(5-9-13)16(18,19)20/h2-9,14H,1H3. The SMILES string of the molecule is COC(=O)C(Oc1ccc(C(F)(F)F)cc1)c1ccc(Cl)cc1. The predicted molar refractivity (Wildman–Crippen MR) is 78.3 cm³/mol. The van der Waals surface area contributed by atoms with Crippen LogP contribution < -0.4 is 4.74 Å². The summed E-state index contributed by atoms with van der Waals surface area (Å²) < 4.78 is 47.8. The Labute approximate surface area is 135 Å². The smallest absolute Gasteiger partial charge is 0.416 e. The summed E-state index contributed by atoms with van der Waals surface area (Å²) in [4.78, 5) is 11.9. The summed E-state index contributed by atoms with van der Waals surface area (Å²) in [7, 11) is 1.20. The summed E-state index contributed by atoms with van der Waals surface area (Å²) in [5.41, 5.74) is -0.327. The fourth-order valence-electron chi connectivity index (χ4n) is 1.86. The number of halogens is 4. The first kappa shape index (κ1) is 17.1. The normalized spacial score (nSPS) is 12.6. The highest BCUT2D eigenvalue weighted by Crippen LogP contribution is 2.31. The second kappa shape index (κ2) is 6.91. The van der Waals surface area contributed by atoms with Crippen molar-refractivity contribution in [3.05, 3.63) is 64.7 Å². The van der Waals surface area contributed by atoms with Crippen LogP contribution in [-0.2, 0) is 15.7 Å². The number of ether oxygens (including phenoxy) is 2. The summed E-state index contributed by atoms with van der Waals surface area (Å²) in [6.07, 6.45) is -5.54. The molecule has 0 amide bonds. The molecule has 0 saturated carbocycles. The molecular weight excluding hydrogens is 333 g/mol. The molecule has 0 spiro atoms. The minimum atomic E-state index is -4.43. The zero-order valence-electron chi connectivity index (χ0n) is 11.9. The third kappa shape index (κ3) is 4.39. The van der Waals surface area contributed by atoms with Gasteiger partial charge in [-0.15, -0.1) is 0 Å². The van der Waals surface area contributed by atoms with Gasteiger partial charge in [0.15, 0.2) is 0 Å². The van der Waals surface area contributed by atoms with Crippen molar-refractivity contribution in [2.75, 3.05) is 7.11 Å². The van der Waals surface area contributed by atoms with Gasteiger partial charge in [-0.3, -0.25) is 0 Å². The van der Waals surface area contributed by atoms with E-state index in [1.807, 2.05) is 0 Å². The van der Waals surface area contributed by atoms with Crippen molar-refractivity contribution in [3.63, 3.8) is 0 Å². The van der Waals surface area contributed by atoms with Crippen molar-refractivity contribution in [1.29, 1.82) is 0 Å². The molecule has 2 aromatic carbocycles. The van der Waals surface area contributed by atoms with E-state index in [4.69, 9.17) is 16.3 Å². The van der Waals surface area contributed by atoms with Gasteiger partial charge in [-0.25, -0.2) is 4.79 Å². The van der Waals surface area contributed by atoms with Crippen molar-refractivity contribution >= 4 is 17.6 Å². The number of benzene rings is 2. The van der Waals surface area contributed by atoms with Crippen molar-refractivity contribution in [3.8, 4) is 5.75 Å². The lowest BCUT2D eigenvalue weighted by Gasteiger charge is -2.18. The summed E-state index contributed by atoms with van der Waals surface area (Å²) in [5, 5.41) is 0.479. The van der Waals surface area contributed by atoms with Crippen molar-refractivity contribution in [1.82, 2.24) is 0 Å². The van der Waals surface area contributed by atoms with Crippen LogP contribution in [-0.4, -0.2) is 13.1 Å². The third-order valence-corrected chi connectivity index (χ3v) is 3.28. The van der Waals surface area contributed by atoms with E-state index in [1.165, 1.54) is 7.11 Å². The Hall–Kier alpha value is -2.21. The summed E-state index contributed by atoms with van der Waals surface area (Å²) in [6, 6.07) is 10.4. The van der Waals surface area contributed by atoms with Crippen LogP contribution in [0.2, 0.25) is 5.02 Å². The quantitative estimate of drug-likeness (QED) is 0.757. The molecule has 0 aliphatic rings. The Bertz CT molecular complexity index is 666. The largest absolute Gasteiger partial charge is 0.474 e. The number of carbonyl (C=O) groups excluding carboxylic acids is 1. The zero-order chi connectivity index (χ0) is 17.0. The number of methoxy groups -OCH3 is 1. The van der Waals surface area contributed by atoms with Gasteiger partial charge in [-0.2, -0.15) is 13.2 Å². The highest BCUT2D eigenvalue weighted by molar-refractivity contribution is 6.30. The lowest BCUT2D eigenvalue weighted by atomic mass is 10.1. The summed E-state index contributed by atoms with van der Waals surface area (Å²) in [5.74, 6) is -0.560. The number of alkyl halides is 3. The highest BCUT2D eigenvalue weighted by Gasteiger charge is 2.30. The molecule has 0 N–H and O–H groups in total. The van der Waals surface area contributed by atoms with Gasteiger partial charge in [0.1, 0.15) is 5.75 Å². The molecule has 0 saturated heterocycles. The molecule has 0 aliphatic carbocycles. The molecule has 0 radical (unpaired) electrons. The van der Waals surface area contributed by atoms with Crippen molar-refractivity contribution < 1.29 is 27.4 Å². The Morgan fingerprint density at radius 1 is 1.04 bits per heavy atom. The predicted octanol–water partition coefficient (Wildman–Crippen LogP) is 4.65. The van der Waals surface area contributed by atoms with Gasteiger partial charge in [-0.1, -0.05) is 23.7 Å². The first-order valence-corrected chi connectivity index (χ1v) is 6.86. The zero-order valence-corrected chi connectivity index (χ0v) is 12.7. The van der Waals surface area contributed by atoms with Gasteiger partial charge >= 0.3 is 12.1 Å². The van der Waals surface area contributed by atoms with E-state index in [2.05, 4.69) is 4.74 Å². The van der Waals surface area contributed by atoms with Gasteiger partial charge in [0.05, 0.1) is 12.7 Å².